The maximum atomic E-state index is 14.0. The number of nitrogens with one attached hydrogen (secondary N) is 1. The second kappa shape index (κ2) is 12.0. The highest BCUT2D eigenvalue weighted by atomic mass is 32.2. The van der Waals surface area contributed by atoms with Gasteiger partial charge in [0.1, 0.15) is 12.6 Å². The van der Waals surface area contributed by atoms with Gasteiger partial charge in [-0.2, -0.15) is 0 Å². The maximum Gasteiger partial charge on any atom is 0.264 e. The predicted octanol–water partition coefficient (Wildman–Crippen LogP) is 5.14. The quantitative estimate of drug-likeness (QED) is 0.401. The van der Waals surface area contributed by atoms with Gasteiger partial charge in [0, 0.05) is 12.1 Å². The minimum atomic E-state index is -4.09. The van der Waals surface area contributed by atoms with Crippen molar-refractivity contribution in [2.75, 3.05) is 10.8 Å². The van der Waals surface area contributed by atoms with Crippen LogP contribution in [0.4, 0.5) is 5.69 Å². The lowest BCUT2D eigenvalue weighted by Gasteiger charge is -2.34. The summed E-state index contributed by atoms with van der Waals surface area (Å²) in [6, 6.07) is 20.3. The molecule has 2 amide bonds. The molecule has 8 heteroatoms. The number of benzene rings is 3. The molecule has 0 spiro atoms. The average molecular weight is 550 g/mol. The first kappa shape index (κ1) is 29.9. The molecule has 0 saturated heterocycles. The fourth-order valence-corrected chi connectivity index (χ4v) is 5.80. The monoisotopic (exact) mass is 549 g/mol. The van der Waals surface area contributed by atoms with Crippen LogP contribution < -0.4 is 9.62 Å². The van der Waals surface area contributed by atoms with E-state index in [-0.39, 0.29) is 17.3 Å². The molecule has 1 N–H and O–H groups in total. The Kier molecular flexibility index (Phi) is 9.22. The van der Waals surface area contributed by atoms with Crippen molar-refractivity contribution in [2.45, 2.75) is 71.5 Å². The molecule has 0 radical (unpaired) electrons. The van der Waals surface area contributed by atoms with Crippen LogP contribution in [0.25, 0.3) is 0 Å². The molecule has 208 valence electrons. The van der Waals surface area contributed by atoms with Gasteiger partial charge in [-0.05, 0) is 83.4 Å². The first-order valence-electron chi connectivity index (χ1n) is 13.0. The summed E-state index contributed by atoms with van der Waals surface area (Å²) < 4.78 is 29.0. The van der Waals surface area contributed by atoms with E-state index in [2.05, 4.69) is 5.32 Å². The van der Waals surface area contributed by atoms with Crippen LogP contribution in [0.2, 0.25) is 0 Å². The number of carbonyl (C=O) groups is 2. The molecular formula is C31H39N3O4S. The van der Waals surface area contributed by atoms with Crippen molar-refractivity contribution in [3.05, 3.63) is 95.1 Å². The third-order valence-corrected chi connectivity index (χ3v) is 8.33. The summed E-state index contributed by atoms with van der Waals surface area (Å²) in [5.74, 6) is -0.791. The Morgan fingerprint density at radius 3 is 2.15 bits per heavy atom. The highest BCUT2D eigenvalue weighted by molar-refractivity contribution is 7.92. The summed E-state index contributed by atoms with van der Waals surface area (Å²) in [6.45, 7) is 12.7. The molecule has 0 aliphatic heterocycles. The number of anilines is 1. The lowest BCUT2D eigenvalue weighted by Crippen LogP contribution is -2.54. The second-order valence-corrected chi connectivity index (χ2v) is 12.8. The van der Waals surface area contributed by atoms with Crippen LogP contribution >= 0.6 is 0 Å². The molecule has 0 fully saturated rings. The van der Waals surface area contributed by atoms with E-state index in [1.165, 1.54) is 17.0 Å². The smallest absolute Gasteiger partial charge is 0.264 e. The van der Waals surface area contributed by atoms with Crippen molar-refractivity contribution in [1.29, 1.82) is 0 Å². The van der Waals surface area contributed by atoms with Crippen molar-refractivity contribution in [2.24, 2.45) is 0 Å². The van der Waals surface area contributed by atoms with Gasteiger partial charge in [-0.25, -0.2) is 8.42 Å². The lowest BCUT2D eigenvalue weighted by atomic mass is 10.1. The number of aryl methyl sites for hydroxylation is 2. The van der Waals surface area contributed by atoms with Crippen LogP contribution in [-0.2, 0) is 26.2 Å². The summed E-state index contributed by atoms with van der Waals surface area (Å²) in [6.07, 6.45) is 0. The summed E-state index contributed by atoms with van der Waals surface area (Å²) in [5, 5.41) is 2.94. The van der Waals surface area contributed by atoms with Crippen molar-refractivity contribution in [3.63, 3.8) is 0 Å². The van der Waals surface area contributed by atoms with Crippen LogP contribution in [0, 0.1) is 20.8 Å². The van der Waals surface area contributed by atoms with Crippen LogP contribution in [0.1, 0.15) is 49.9 Å². The second-order valence-electron chi connectivity index (χ2n) is 11.0. The van der Waals surface area contributed by atoms with E-state index >= 15 is 0 Å². The Bertz CT molecular complexity index is 1430. The summed E-state index contributed by atoms with van der Waals surface area (Å²) in [4.78, 5) is 28.8. The Labute approximate surface area is 232 Å². The molecule has 0 heterocycles. The van der Waals surface area contributed by atoms with Crippen molar-refractivity contribution in [3.8, 4) is 0 Å². The van der Waals surface area contributed by atoms with E-state index in [1.54, 1.807) is 37.3 Å². The van der Waals surface area contributed by atoms with Gasteiger partial charge in [0.2, 0.25) is 11.8 Å². The van der Waals surface area contributed by atoms with Crippen LogP contribution in [0.5, 0.6) is 0 Å². The summed E-state index contributed by atoms with van der Waals surface area (Å²) in [5.41, 5.74) is 3.47. The Balaban J connectivity index is 2.07. The number of rotatable bonds is 9. The standard InChI is InChI=1S/C31H39N3O4S/c1-22-13-11-15-26(19-22)20-33(25(4)30(36)32-31(5,6)7)29(35)21-34(28-18-12-14-23(2)24(28)3)39(37,38)27-16-9-8-10-17-27/h8-19,25H,20-21H2,1-7H3,(H,32,36)/t25-/m1/s1. The molecular weight excluding hydrogens is 510 g/mol. The Morgan fingerprint density at radius 1 is 0.897 bits per heavy atom. The number of carbonyl (C=O) groups excluding carboxylic acids is 2. The van der Waals surface area contributed by atoms with E-state index in [1.807, 2.05) is 71.9 Å². The number of nitrogens with zero attached hydrogens (tertiary/aromatic N) is 2. The zero-order valence-corrected chi connectivity index (χ0v) is 24.7. The van der Waals surface area contributed by atoms with E-state index in [9.17, 15) is 18.0 Å². The molecule has 0 aliphatic carbocycles. The number of sulfonamides is 1. The maximum absolute atomic E-state index is 14.0. The zero-order chi connectivity index (χ0) is 29.0. The van der Waals surface area contributed by atoms with Gasteiger partial charge < -0.3 is 10.2 Å². The Hall–Kier alpha value is -3.65. The normalized spacial score (nSPS) is 12.5. The SMILES string of the molecule is Cc1cccc(CN(C(=O)CN(c2cccc(C)c2C)S(=O)(=O)c2ccccc2)[C@H](C)C(=O)NC(C)(C)C)c1. The molecule has 1 atom stereocenters. The highest BCUT2D eigenvalue weighted by Crippen LogP contribution is 2.29. The van der Waals surface area contributed by atoms with Gasteiger partial charge in [0.05, 0.1) is 10.6 Å². The van der Waals surface area contributed by atoms with Crippen LogP contribution in [0.15, 0.2) is 77.7 Å². The topological polar surface area (TPSA) is 86.8 Å². The number of hydrogen-bond acceptors (Lipinski definition) is 4. The van der Waals surface area contributed by atoms with Crippen molar-refractivity contribution < 1.29 is 18.0 Å². The minimum Gasteiger partial charge on any atom is -0.350 e. The molecule has 0 saturated carbocycles. The fraction of sp³-hybridized carbons (Fsp3) is 0.355. The van der Waals surface area contributed by atoms with E-state index in [4.69, 9.17) is 0 Å². The van der Waals surface area contributed by atoms with Gasteiger partial charge in [0.15, 0.2) is 0 Å². The van der Waals surface area contributed by atoms with Gasteiger partial charge in [-0.15, -0.1) is 0 Å². The molecule has 0 unspecified atom stereocenters. The molecule has 0 aliphatic rings. The first-order valence-corrected chi connectivity index (χ1v) is 14.5. The third kappa shape index (κ3) is 7.47. The number of hydrogen-bond donors (Lipinski definition) is 1. The van der Waals surface area contributed by atoms with Gasteiger partial charge in [-0.1, -0.05) is 60.2 Å². The average Bonchev–Trinajstić information content (AvgIpc) is 2.86. The predicted molar refractivity (Wildman–Crippen MR) is 156 cm³/mol. The molecule has 7 nitrogen and oxygen atoms in total. The largest absolute Gasteiger partial charge is 0.350 e. The molecule has 0 bridgehead atoms. The molecule has 3 aromatic rings. The lowest BCUT2D eigenvalue weighted by molar-refractivity contribution is -0.140. The molecule has 39 heavy (non-hydrogen) atoms. The zero-order valence-electron chi connectivity index (χ0n) is 23.9. The van der Waals surface area contributed by atoms with Gasteiger partial charge in [-0.3, -0.25) is 13.9 Å². The van der Waals surface area contributed by atoms with Crippen LogP contribution in [0.3, 0.4) is 0 Å². The number of amides is 2. The van der Waals surface area contributed by atoms with Crippen molar-refractivity contribution >= 4 is 27.5 Å². The third-order valence-electron chi connectivity index (χ3n) is 6.56. The fourth-order valence-electron chi connectivity index (χ4n) is 4.30. The molecule has 3 rings (SSSR count). The van der Waals surface area contributed by atoms with Crippen LogP contribution in [-0.4, -0.2) is 43.3 Å². The summed E-state index contributed by atoms with van der Waals surface area (Å²) >= 11 is 0. The molecule has 3 aromatic carbocycles. The minimum absolute atomic E-state index is 0.0856. The van der Waals surface area contributed by atoms with E-state index < -0.39 is 34.1 Å². The highest BCUT2D eigenvalue weighted by Gasteiger charge is 2.34. The van der Waals surface area contributed by atoms with E-state index in [0.717, 1.165) is 26.6 Å². The van der Waals surface area contributed by atoms with Crippen molar-refractivity contribution in [1.82, 2.24) is 10.2 Å². The summed E-state index contributed by atoms with van der Waals surface area (Å²) in [7, 11) is -4.09. The van der Waals surface area contributed by atoms with E-state index in [0.29, 0.717) is 5.69 Å². The molecule has 0 aromatic heterocycles. The van der Waals surface area contributed by atoms with Gasteiger partial charge >= 0.3 is 0 Å². The Morgan fingerprint density at radius 2 is 1.54 bits per heavy atom. The first-order chi connectivity index (χ1) is 18.2. The van der Waals surface area contributed by atoms with Gasteiger partial charge in [0.25, 0.3) is 10.0 Å².